The first-order valence-corrected chi connectivity index (χ1v) is 3.59. The lowest BCUT2D eigenvalue weighted by molar-refractivity contribution is 0.600. The first-order chi connectivity index (χ1) is 2.27. The third kappa shape index (κ3) is 5.06. The van der Waals surface area contributed by atoms with Gasteiger partial charge in [-0.15, -0.1) is 0 Å². The van der Waals surface area contributed by atoms with Gasteiger partial charge in [0, 0.05) is 0 Å². The molecule has 1 nitrogen and oxygen atoms in total. The van der Waals surface area contributed by atoms with Crippen molar-refractivity contribution in [3.8, 4) is 0 Å². The molecule has 0 fully saturated rings. The van der Waals surface area contributed by atoms with E-state index in [0.717, 1.165) is 0 Å². The van der Waals surface area contributed by atoms with E-state index >= 15 is 0 Å². The molecule has 0 aromatic heterocycles. The van der Waals surface area contributed by atoms with Gasteiger partial charge >= 0.3 is 0 Å². The summed E-state index contributed by atoms with van der Waals surface area (Å²) in [5, 5.41) is 0. The molecular formula is CHBr2OP. The molecule has 4 heteroatoms. The van der Waals surface area contributed by atoms with Crippen molar-refractivity contribution in [2.45, 2.75) is 3.48 Å². The second-order valence-electron chi connectivity index (χ2n) is 0.383. The molecule has 30 valence electrons. The largest absolute Gasteiger partial charge is 0.273 e. The van der Waals surface area contributed by atoms with Crippen molar-refractivity contribution in [1.29, 1.82) is 0 Å². The average Bonchev–Trinajstić information content (AvgIpc) is 1.38. The topological polar surface area (TPSA) is 17.1 Å². The van der Waals surface area contributed by atoms with Crippen molar-refractivity contribution >= 4 is 40.3 Å². The lowest BCUT2D eigenvalue weighted by atomic mass is 11.9. The smallest absolute Gasteiger partial charge is 0.182 e. The van der Waals surface area contributed by atoms with Crippen LogP contribution in [0.15, 0.2) is 0 Å². The van der Waals surface area contributed by atoms with Crippen LogP contribution in [0.1, 0.15) is 0 Å². The van der Waals surface area contributed by atoms with E-state index in [1.165, 1.54) is 0 Å². The highest BCUT2D eigenvalue weighted by molar-refractivity contribution is 9.26. The highest BCUT2D eigenvalue weighted by atomic mass is 79.9. The van der Waals surface area contributed by atoms with E-state index in [-0.39, 0.29) is 11.9 Å². The molecule has 0 saturated heterocycles. The quantitative estimate of drug-likeness (QED) is 0.489. The van der Waals surface area contributed by atoms with Gasteiger partial charge in [-0.1, -0.05) is 31.9 Å². The zero-order valence-corrected chi connectivity index (χ0v) is 6.26. The summed E-state index contributed by atoms with van der Waals surface area (Å²) >= 11 is 5.93. The molecule has 5 heavy (non-hydrogen) atoms. The van der Waals surface area contributed by atoms with Gasteiger partial charge in [-0.3, -0.25) is 4.57 Å². The standard InChI is InChI=1S/CHBr2OP/c2-1(3)5-4/h1H. The monoisotopic (exact) mass is 218 g/mol. The van der Waals surface area contributed by atoms with Crippen LogP contribution in [0.5, 0.6) is 0 Å². The lowest BCUT2D eigenvalue weighted by Crippen LogP contribution is -1.53. The predicted octanol–water partition coefficient (Wildman–Crippen LogP) is 2.35. The number of hydrogen-bond donors (Lipinski definition) is 0. The summed E-state index contributed by atoms with van der Waals surface area (Å²) in [6.07, 6.45) is 0. The molecule has 0 saturated carbocycles. The molecule has 0 atom stereocenters. The van der Waals surface area contributed by atoms with Crippen molar-refractivity contribution in [1.82, 2.24) is 0 Å². The van der Waals surface area contributed by atoms with Gasteiger partial charge in [0.2, 0.25) is 0 Å². The molecular weight excluding hydrogens is 219 g/mol. The molecule has 0 rings (SSSR count). The van der Waals surface area contributed by atoms with E-state index in [0.29, 0.717) is 0 Å². The Labute approximate surface area is 48.6 Å². The SMILES string of the molecule is O=PC(Br)Br. The molecule has 0 spiro atoms. The molecule has 0 aromatic carbocycles. The zero-order chi connectivity index (χ0) is 4.28. The van der Waals surface area contributed by atoms with Gasteiger partial charge in [-0.05, 0) is 0 Å². The van der Waals surface area contributed by atoms with E-state index < -0.39 is 0 Å². The summed E-state index contributed by atoms with van der Waals surface area (Å²) < 4.78 is 9.43. The summed E-state index contributed by atoms with van der Waals surface area (Å²) in [7, 11) is 0.0802. The Morgan fingerprint density at radius 1 is 1.60 bits per heavy atom. The van der Waals surface area contributed by atoms with Crippen LogP contribution in [-0.2, 0) is 4.57 Å². The summed E-state index contributed by atoms with van der Waals surface area (Å²) in [4.78, 5) is 0. The predicted molar refractivity (Wildman–Crippen MR) is 29.2 cm³/mol. The minimum absolute atomic E-state index is 0.0741. The Morgan fingerprint density at radius 3 is 1.80 bits per heavy atom. The molecule has 0 heterocycles. The van der Waals surface area contributed by atoms with Crippen LogP contribution >= 0.6 is 40.3 Å². The molecule has 0 amide bonds. The van der Waals surface area contributed by atoms with Crippen molar-refractivity contribution in [2.24, 2.45) is 0 Å². The van der Waals surface area contributed by atoms with E-state index in [1.54, 1.807) is 0 Å². The molecule has 0 aliphatic rings. The average molecular weight is 220 g/mol. The van der Waals surface area contributed by atoms with Gasteiger partial charge in [0.25, 0.3) is 0 Å². The second-order valence-corrected chi connectivity index (χ2v) is 5.59. The Bertz CT molecular complexity index is 36.6. The van der Waals surface area contributed by atoms with Crippen molar-refractivity contribution in [3.05, 3.63) is 0 Å². The number of rotatable bonds is 1. The third-order valence-corrected chi connectivity index (χ3v) is 1.24. The van der Waals surface area contributed by atoms with Crippen LogP contribution in [0.2, 0.25) is 0 Å². The maximum Gasteiger partial charge on any atom is 0.182 e. The molecule has 0 bridgehead atoms. The van der Waals surface area contributed by atoms with Gasteiger partial charge in [-0.2, -0.15) is 0 Å². The molecule has 0 aromatic rings. The van der Waals surface area contributed by atoms with Crippen molar-refractivity contribution < 1.29 is 4.57 Å². The Balaban J connectivity index is 2.83. The van der Waals surface area contributed by atoms with Crippen molar-refractivity contribution in [3.63, 3.8) is 0 Å². The maximum atomic E-state index is 9.51. The van der Waals surface area contributed by atoms with Gasteiger partial charge in [0.05, 0.1) is 0 Å². The van der Waals surface area contributed by atoms with E-state index in [9.17, 15) is 4.57 Å². The van der Waals surface area contributed by atoms with E-state index in [1.807, 2.05) is 0 Å². The van der Waals surface area contributed by atoms with Crippen LogP contribution in [0.25, 0.3) is 0 Å². The highest BCUT2D eigenvalue weighted by Crippen LogP contribution is 2.19. The van der Waals surface area contributed by atoms with Gasteiger partial charge in [0.15, 0.2) is 8.46 Å². The number of halogens is 2. The Morgan fingerprint density at radius 2 is 1.80 bits per heavy atom. The molecule has 0 radical (unpaired) electrons. The minimum Gasteiger partial charge on any atom is -0.273 e. The first-order valence-electron chi connectivity index (χ1n) is 0.877. The summed E-state index contributed by atoms with van der Waals surface area (Å²) in [6, 6.07) is 0. The van der Waals surface area contributed by atoms with Crippen LogP contribution < -0.4 is 0 Å². The second kappa shape index (κ2) is 3.26. The summed E-state index contributed by atoms with van der Waals surface area (Å²) in [5.74, 6) is 0. The first kappa shape index (κ1) is 6.06. The molecule has 0 N–H and O–H groups in total. The van der Waals surface area contributed by atoms with Gasteiger partial charge in [-0.25, -0.2) is 0 Å². The number of hydrogen-bond acceptors (Lipinski definition) is 1. The summed E-state index contributed by atoms with van der Waals surface area (Å²) in [6.45, 7) is 0. The lowest BCUT2D eigenvalue weighted by Gasteiger charge is -1.71. The summed E-state index contributed by atoms with van der Waals surface area (Å²) in [5.41, 5.74) is 0. The fraction of sp³-hybridized carbons (Fsp3) is 1.00. The van der Waals surface area contributed by atoms with Crippen LogP contribution in [0.4, 0.5) is 0 Å². The maximum absolute atomic E-state index is 9.51. The van der Waals surface area contributed by atoms with Crippen LogP contribution in [-0.4, -0.2) is 3.48 Å². The highest BCUT2D eigenvalue weighted by Gasteiger charge is 1.87. The normalized spacial score (nSPS) is 10.2. The number of alkyl halides is 2. The van der Waals surface area contributed by atoms with Gasteiger partial charge < -0.3 is 0 Å². The zero-order valence-electron chi connectivity index (χ0n) is 2.19. The molecule has 0 unspecified atom stereocenters. The molecule has 0 aliphatic heterocycles. The Hall–Kier alpha value is 1.06. The van der Waals surface area contributed by atoms with E-state index in [2.05, 4.69) is 31.9 Å². The Kier molecular flexibility index (Phi) is 3.95. The van der Waals surface area contributed by atoms with Gasteiger partial charge in [0.1, 0.15) is 3.48 Å². The molecule has 0 aliphatic carbocycles. The van der Waals surface area contributed by atoms with Crippen molar-refractivity contribution in [2.75, 3.05) is 0 Å². The third-order valence-electron chi connectivity index (χ3n) is 0.0797. The fourth-order valence-corrected chi connectivity index (χ4v) is 0. The van der Waals surface area contributed by atoms with E-state index in [4.69, 9.17) is 0 Å². The van der Waals surface area contributed by atoms with Crippen LogP contribution in [0, 0.1) is 0 Å². The minimum atomic E-state index is -0.0741. The fourth-order valence-electron chi connectivity index (χ4n) is 0. The van der Waals surface area contributed by atoms with Crippen LogP contribution in [0.3, 0.4) is 0 Å².